The van der Waals surface area contributed by atoms with Crippen LogP contribution in [0.1, 0.15) is 13.3 Å². The maximum Gasteiger partial charge on any atom is 0.408 e. The van der Waals surface area contributed by atoms with Crippen LogP contribution in [0.15, 0.2) is 12.2 Å². The minimum absolute atomic E-state index is 0.171. The highest BCUT2D eigenvalue weighted by Crippen LogP contribution is 2.08. The summed E-state index contributed by atoms with van der Waals surface area (Å²) in [6.45, 7) is 5.63. The lowest BCUT2D eigenvalue weighted by Crippen LogP contribution is -2.54. The molecule has 1 amide bonds. The Morgan fingerprint density at radius 1 is 1.50 bits per heavy atom. The number of thioether (sulfide) groups is 1. The van der Waals surface area contributed by atoms with Gasteiger partial charge in [0.1, 0.15) is 0 Å². The van der Waals surface area contributed by atoms with Crippen molar-refractivity contribution in [3.63, 3.8) is 0 Å². The van der Waals surface area contributed by atoms with Gasteiger partial charge in [-0.3, -0.25) is 10.6 Å². The lowest BCUT2D eigenvalue weighted by atomic mass is 10.1. The van der Waals surface area contributed by atoms with E-state index in [2.05, 4.69) is 21.9 Å². The van der Waals surface area contributed by atoms with E-state index in [1.807, 2.05) is 13.2 Å². The predicted octanol–water partition coefficient (Wildman–Crippen LogP) is 1.04. The van der Waals surface area contributed by atoms with Gasteiger partial charge in [-0.15, -0.1) is 0 Å². The Bertz CT molecular complexity index is 309. The molecule has 0 heterocycles. The molecule has 0 radical (unpaired) electrons. The topological polar surface area (TPSA) is 87.7 Å². The zero-order chi connectivity index (χ0) is 14.1. The third-order valence-corrected chi connectivity index (χ3v) is 2.91. The molecule has 3 N–H and O–H groups in total. The van der Waals surface area contributed by atoms with Crippen molar-refractivity contribution in [2.45, 2.75) is 25.6 Å². The Kier molecular flexibility index (Phi) is 8.23. The number of carbonyl (C=O) groups excluding carboxylic acids is 1. The van der Waals surface area contributed by atoms with E-state index in [1.165, 1.54) is 7.11 Å². The number of carbonyl (C=O) groups is 2. The average Bonchev–Trinajstić information content (AvgIpc) is 2.31. The number of aliphatic carboxylic acids is 1. The molecular formula is C11H20N2O4S. The second-order valence-electron chi connectivity index (χ2n) is 3.75. The van der Waals surface area contributed by atoms with Gasteiger partial charge in [-0.05, 0) is 25.4 Å². The van der Waals surface area contributed by atoms with E-state index in [1.54, 1.807) is 11.8 Å². The number of alkyl carbamates (subject to hydrolysis) is 1. The fourth-order valence-corrected chi connectivity index (χ4v) is 1.73. The molecule has 0 saturated heterocycles. The first-order valence-electron chi connectivity index (χ1n) is 5.40. The summed E-state index contributed by atoms with van der Waals surface area (Å²) < 4.78 is 4.37. The molecule has 0 aliphatic rings. The summed E-state index contributed by atoms with van der Waals surface area (Å²) in [7, 11) is 1.18. The van der Waals surface area contributed by atoms with Crippen LogP contribution in [0, 0.1) is 0 Å². The zero-order valence-corrected chi connectivity index (χ0v) is 11.7. The van der Waals surface area contributed by atoms with Crippen molar-refractivity contribution in [2.24, 2.45) is 0 Å². The van der Waals surface area contributed by atoms with Crippen molar-refractivity contribution in [3.05, 3.63) is 12.2 Å². The fourth-order valence-electron chi connectivity index (χ4n) is 1.26. The summed E-state index contributed by atoms with van der Waals surface area (Å²) in [6, 6.07) is -0.171. The zero-order valence-electron chi connectivity index (χ0n) is 10.9. The molecule has 7 heteroatoms. The predicted molar refractivity (Wildman–Crippen MR) is 71.7 cm³/mol. The number of methoxy groups -OCH3 is 1. The normalized spacial score (nSPS) is 13.5. The third-order valence-electron chi connectivity index (χ3n) is 2.27. The molecule has 0 bridgehead atoms. The molecule has 0 fully saturated rings. The van der Waals surface area contributed by atoms with Gasteiger partial charge in [-0.25, -0.2) is 9.59 Å². The third kappa shape index (κ3) is 6.51. The molecule has 2 atom stereocenters. The summed E-state index contributed by atoms with van der Waals surface area (Å²) in [5, 5.41) is 14.0. The van der Waals surface area contributed by atoms with Gasteiger partial charge in [0.05, 0.1) is 7.11 Å². The van der Waals surface area contributed by atoms with Crippen molar-refractivity contribution >= 4 is 23.8 Å². The van der Waals surface area contributed by atoms with Crippen LogP contribution in [0.2, 0.25) is 0 Å². The summed E-state index contributed by atoms with van der Waals surface area (Å²) in [4.78, 5) is 22.0. The number of nitrogens with one attached hydrogen (secondary N) is 2. The van der Waals surface area contributed by atoms with Gasteiger partial charge in [-0.2, -0.15) is 11.8 Å². The van der Waals surface area contributed by atoms with E-state index in [9.17, 15) is 9.59 Å². The van der Waals surface area contributed by atoms with Crippen LogP contribution in [0.4, 0.5) is 4.79 Å². The van der Waals surface area contributed by atoms with Crippen molar-refractivity contribution < 1.29 is 19.4 Å². The largest absolute Gasteiger partial charge is 0.479 e. The van der Waals surface area contributed by atoms with E-state index in [0.29, 0.717) is 0 Å². The lowest BCUT2D eigenvalue weighted by molar-refractivity contribution is -0.140. The highest BCUT2D eigenvalue weighted by atomic mass is 32.2. The molecule has 6 nitrogen and oxygen atoms in total. The molecule has 0 saturated carbocycles. The van der Waals surface area contributed by atoms with Crippen molar-refractivity contribution in [1.82, 2.24) is 10.6 Å². The van der Waals surface area contributed by atoms with Crippen LogP contribution in [0.5, 0.6) is 0 Å². The SMILES string of the molecule is C=C(C)[C@H](CCSC)N[C@H](NC(=O)OC)C(=O)O. The second-order valence-corrected chi connectivity index (χ2v) is 4.74. The summed E-state index contributed by atoms with van der Waals surface area (Å²) in [5.74, 6) is -0.300. The number of amides is 1. The molecule has 0 aromatic carbocycles. The summed E-state index contributed by atoms with van der Waals surface area (Å²) >= 11 is 1.66. The van der Waals surface area contributed by atoms with E-state index in [-0.39, 0.29) is 6.04 Å². The van der Waals surface area contributed by atoms with Crippen LogP contribution < -0.4 is 10.6 Å². The Balaban J connectivity index is 4.55. The second kappa shape index (κ2) is 8.82. The van der Waals surface area contributed by atoms with Gasteiger partial charge in [0.15, 0.2) is 6.17 Å². The molecule has 0 aliphatic carbocycles. The first-order chi connectivity index (χ1) is 8.42. The van der Waals surface area contributed by atoms with Crippen molar-refractivity contribution in [3.8, 4) is 0 Å². The first kappa shape index (κ1) is 16.8. The average molecular weight is 276 g/mol. The highest BCUT2D eigenvalue weighted by molar-refractivity contribution is 7.98. The number of ether oxygens (including phenoxy) is 1. The van der Waals surface area contributed by atoms with Crippen LogP contribution in [-0.2, 0) is 9.53 Å². The van der Waals surface area contributed by atoms with Crippen molar-refractivity contribution in [2.75, 3.05) is 19.1 Å². The Labute approximate surface area is 111 Å². The van der Waals surface area contributed by atoms with Crippen LogP contribution in [0.3, 0.4) is 0 Å². The molecular weight excluding hydrogens is 256 g/mol. The number of carboxylic acids is 1. The van der Waals surface area contributed by atoms with Gasteiger partial charge in [-0.1, -0.05) is 12.2 Å². The minimum atomic E-state index is -1.19. The quantitative estimate of drug-likeness (QED) is 0.453. The van der Waals surface area contributed by atoms with E-state index >= 15 is 0 Å². The molecule has 18 heavy (non-hydrogen) atoms. The number of rotatable bonds is 8. The minimum Gasteiger partial charge on any atom is -0.479 e. The van der Waals surface area contributed by atoms with E-state index < -0.39 is 18.2 Å². The monoisotopic (exact) mass is 276 g/mol. The van der Waals surface area contributed by atoms with Gasteiger partial charge >= 0.3 is 12.1 Å². The number of hydrogen-bond acceptors (Lipinski definition) is 5. The van der Waals surface area contributed by atoms with Gasteiger partial charge < -0.3 is 9.84 Å². The van der Waals surface area contributed by atoms with E-state index in [4.69, 9.17) is 5.11 Å². The van der Waals surface area contributed by atoms with Gasteiger partial charge in [0.2, 0.25) is 0 Å². The van der Waals surface area contributed by atoms with Gasteiger partial charge in [0.25, 0.3) is 0 Å². The Hall–Kier alpha value is -1.21. The van der Waals surface area contributed by atoms with Crippen molar-refractivity contribution in [1.29, 1.82) is 0 Å². The standard InChI is InChI=1S/C11H20N2O4S/c1-7(2)8(5-6-18-4)12-9(10(14)15)13-11(16)17-3/h8-9,12H,1,5-6H2,2-4H3,(H,13,16)(H,14,15)/t8-,9+/m0/s1. The molecule has 0 aliphatic heterocycles. The maximum absolute atomic E-state index is 11.0. The Morgan fingerprint density at radius 2 is 2.11 bits per heavy atom. The van der Waals surface area contributed by atoms with E-state index in [0.717, 1.165) is 17.7 Å². The fraction of sp³-hybridized carbons (Fsp3) is 0.636. The summed E-state index contributed by atoms with van der Waals surface area (Å²) in [5.41, 5.74) is 0.821. The molecule has 0 spiro atoms. The van der Waals surface area contributed by atoms with Crippen LogP contribution in [-0.4, -0.2) is 48.5 Å². The molecule has 0 aromatic heterocycles. The molecule has 0 aromatic rings. The number of hydrogen-bond donors (Lipinski definition) is 3. The molecule has 0 unspecified atom stereocenters. The summed E-state index contributed by atoms with van der Waals surface area (Å²) in [6.07, 6.45) is 0.723. The lowest BCUT2D eigenvalue weighted by Gasteiger charge is -2.23. The molecule has 0 rings (SSSR count). The Morgan fingerprint density at radius 3 is 2.50 bits per heavy atom. The van der Waals surface area contributed by atoms with Crippen LogP contribution in [0.25, 0.3) is 0 Å². The maximum atomic E-state index is 11.0. The smallest absolute Gasteiger partial charge is 0.408 e. The highest BCUT2D eigenvalue weighted by Gasteiger charge is 2.23. The van der Waals surface area contributed by atoms with Gasteiger partial charge in [0, 0.05) is 6.04 Å². The van der Waals surface area contributed by atoms with Crippen LogP contribution >= 0.6 is 11.8 Å². The number of carboxylic acid groups (broad SMARTS) is 1. The first-order valence-corrected chi connectivity index (χ1v) is 6.79. The molecule has 104 valence electrons.